The topological polar surface area (TPSA) is 26.7 Å². The van der Waals surface area contributed by atoms with Gasteiger partial charge in [0, 0.05) is 32.2 Å². The predicted molar refractivity (Wildman–Crippen MR) is 77.8 cm³/mol. The van der Waals surface area contributed by atoms with E-state index in [9.17, 15) is 5.11 Å². The van der Waals surface area contributed by atoms with E-state index in [-0.39, 0.29) is 0 Å². The van der Waals surface area contributed by atoms with Crippen molar-refractivity contribution in [1.82, 2.24) is 9.80 Å². The molecule has 100 valence electrons. The summed E-state index contributed by atoms with van der Waals surface area (Å²) in [5.74, 6) is 0.309. The first-order chi connectivity index (χ1) is 8.60. The van der Waals surface area contributed by atoms with Gasteiger partial charge in [-0.2, -0.15) is 0 Å². The number of aromatic hydroxyl groups is 1. The lowest BCUT2D eigenvalue weighted by atomic mass is 10.1. The Hall–Kier alpha value is -0.580. The third-order valence-corrected chi connectivity index (χ3v) is 4.39. The Morgan fingerprint density at radius 2 is 2.17 bits per heavy atom. The standard InChI is InChI=1S/C14H21BrN2O/c1-3-12-10-17(7-6-16(12)2)9-11-4-5-14(18)13(15)8-11/h4-5,8,12,18H,3,6-7,9-10H2,1-2H3. The zero-order valence-corrected chi connectivity index (χ0v) is 12.7. The van der Waals surface area contributed by atoms with Gasteiger partial charge in [-0.25, -0.2) is 0 Å². The Labute approximate surface area is 118 Å². The summed E-state index contributed by atoms with van der Waals surface area (Å²) >= 11 is 3.37. The lowest BCUT2D eigenvalue weighted by Crippen LogP contribution is -2.50. The number of hydrogen-bond acceptors (Lipinski definition) is 3. The molecular weight excluding hydrogens is 292 g/mol. The quantitative estimate of drug-likeness (QED) is 0.929. The largest absolute Gasteiger partial charge is 0.507 e. The first-order valence-electron chi connectivity index (χ1n) is 6.50. The van der Waals surface area contributed by atoms with E-state index in [0.29, 0.717) is 11.8 Å². The molecule has 0 aromatic heterocycles. The van der Waals surface area contributed by atoms with Crippen LogP contribution in [0.1, 0.15) is 18.9 Å². The molecule has 0 aliphatic carbocycles. The van der Waals surface area contributed by atoms with Gasteiger partial charge in [0.1, 0.15) is 5.75 Å². The van der Waals surface area contributed by atoms with Crippen LogP contribution in [0.3, 0.4) is 0 Å². The number of phenols is 1. The summed E-state index contributed by atoms with van der Waals surface area (Å²) in [6.07, 6.45) is 1.20. The van der Waals surface area contributed by atoms with Gasteiger partial charge in [-0.15, -0.1) is 0 Å². The molecule has 0 amide bonds. The van der Waals surface area contributed by atoms with E-state index in [4.69, 9.17) is 0 Å². The van der Waals surface area contributed by atoms with Crippen molar-refractivity contribution < 1.29 is 5.11 Å². The third kappa shape index (κ3) is 3.25. The van der Waals surface area contributed by atoms with Gasteiger partial charge in [-0.1, -0.05) is 13.0 Å². The molecule has 0 saturated carbocycles. The van der Waals surface area contributed by atoms with Crippen molar-refractivity contribution in [2.75, 3.05) is 26.7 Å². The maximum absolute atomic E-state index is 9.50. The molecule has 1 heterocycles. The van der Waals surface area contributed by atoms with Crippen molar-refractivity contribution in [3.63, 3.8) is 0 Å². The Kier molecular flexibility index (Phi) is 4.65. The van der Waals surface area contributed by atoms with E-state index < -0.39 is 0 Å². The van der Waals surface area contributed by atoms with Crippen LogP contribution >= 0.6 is 15.9 Å². The molecule has 1 fully saturated rings. The van der Waals surface area contributed by atoms with Crippen molar-refractivity contribution in [3.8, 4) is 5.75 Å². The molecule has 1 aliphatic heterocycles. The molecule has 1 N–H and O–H groups in total. The van der Waals surface area contributed by atoms with E-state index in [2.05, 4.69) is 39.7 Å². The molecule has 2 rings (SSSR count). The summed E-state index contributed by atoms with van der Waals surface area (Å²) in [7, 11) is 2.21. The van der Waals surface area contributed by atoms with Crippen LogP contribution in [-0.4, -0.2) is 47.6 Å². The Morgan fingerprint density at radius 1 is 1.39 bits per heavy atom. The number of halogens is 1. The molecular formula is C14H21BrN2O. The van der Waals surface area contributed by atoms with E-state index in [1.807, 2.05) is 12.1 Å². The fraction of sp³-hybridized carbons (Fsp3) is 0.571. The highest BCUT2D eigenvalue weighted by Gasteiger charge is 2.22. The van der Waals surface area contributed by atoms with Crippen LogP contribution in [0.15, 0.2) is 22.7 Å². The Morgan fingerprint density at radius 3 is 2.83 bits per heavy atom. The molecule has 1 atom stereocenters. The normalized spacial score (nSPS) is 22.3. The third-order valence-electron chi connectivity index (χ3n) is 3.75. The number of hydrogen-bond donors (Lipinski definition) is 1. The minimum absolute atomic E-state index is 0.309. The van der Waals surface area contributed by atoms with E-state index in [1.165, 1.54) is 12.0 Å². The summed E-state index contributed by atoms with van der Waals surface area (Å²) < 4.78 is 0.779. The van der Waals surface area contributed by atoms with Gasteiger partial charge in [0.05, 0.1) is 4.47 Å². The van der Waals surface area contributed by atoms with Crippen LogP contribution in [0.25, 0.3) is 0 Å². The maximum atomic E-state index is 9.50. The number of benzene rings is 1. The van der Waals surface area contributed by atoms with E-state index in [0.717, 1.165) is 30.7 Å². The van der Waals surface area contributed by atoms with Crippen molar-refractivity contribution in [2.24, 2.45) is 0 Å². The molecule has 3 nitrogen and oxygen atoms in total. The van der Waals surface area contributed by atoms with E-state index in [1.54, 1.807) is 6.07 Å². The second kappa shape index (κ2) is 6.04. The lowest BCUT2D eigenvalue weighted by Gasteiger charge is -2.39. The van der Waals surface area contributed by atoms with Gasteiger partial charge < -0.3 is 10.0 Å². The monoisotopic (exact) mass is 312 g/mol. The number of rotatable bonds is 3. The highest BCUT2D eigenvalue weighted by molar-refractivity contribution is 9.10. The summed E-state index contributed by atoms with van der Waals surface area (Å²) in [6, 6.07) is 6.43. The molecule has 0 bridgehead atoms. The average Bonchev–Trinajstić information content (AvgIpc) is 2.36. The van der Waals surface area contributed by atoms with Gasteiger partial charge in [0.15, 0.2) is 0 Å². The van der Waals surface area contributed by atoms with Gasteiger partial charge in [-0.05, 0) is 47.1 Å². The highest BCUT2D eigenvalue weighted by Crippen LogP contribution is 2.25. The van der Waals surface area contributed by atoms with Gasteiger partial charge in [0.2, 0.25) is 0 Å². The second-order valence-corrected chi connectivity index (χ2v) is 5.92. The van der Waals surface area contributed by atoms with Crippen LogP contribution < -0.4 is 0 Å². The van der Waals surface area contributed by atoms with E-state index >= 15 is 0 Å². The van der Waals surface area contributed by atoms with Crippen LogP contribution in [0.5, 0.6) is 5.75 Å². The molecule has 0 radical (unpaired) electrons. The summed E-state index contributed by atoms with van der Waals surface area (Å²) in [6.45, 7) is 6.60. The SMILES string of the molecule is CCC1CN(Cc2ccc(O)c(Br)c2)CCN1C. The molecule has 1 saturated heterocycles. The first-order valence-corrected chi connectivity index (χ1v) is 7.29. The minimum atomic E-state index is 0.309. The van der Waals surface area contributed by atoms with Crippen molar-refractivity contribution in [1.29, 1.82) is 0 Å². The van der Waals surface area contributed by atoms with Gasteiger partial charge in [0.25, 0.3) is 0 Å². The van der Waals surface area contributed by atoms with Crippen molar-refractivity contribution >= 4 is 15.9 Å². The van der Waals surface area contributed by atoms with Crippen LogP contribution in [-0.2, 0) is 6.54 Å². The van der Waals surface area contributed by atoms with Crippen LogP contribution in [0.4, 0.5) is 0 Å². The first kappa shape index (κ1) is 13.8. The molecule has 1 unspecified atom stereocenters. The lowest BCUT2D eigenvalue weighted by molar-refractivity contribution is 0.0883. The summed E-state index contributed by atoms with van der Waals surface area (Å²) in [5, 5.41) is 9.50. The molecule has 1 aromatic rings. The number of piperazine rings is 1. The number of likely N-dealkylation sites (N-methyl/N-ethyl adjacent to an activating group) is 1. The molecule has 1 aliphatic rings. The summed E-state index contributed by atoms with van der Waals surface area (Å²) in [4.78, 5) is 4.94. The maximum Gasteiger partial charge on any atom is 0.129 e. The minimum Gasteiger partial charge on any atom is -0.507 e. The average molecular weight is 313 g/mol. The zero-order chi connectivity index (χ0) is 13.1. The molecule has 1 aromatic carbocycles. The van der Waals surface area contributed by atoms with Crippen molar-refractivity contribution in [2.45, 2.75) is 25.9 Å². The second-order valence-electron chi connectivity index (χ2n) is 5.06. The fourth-order valence-corrected chi connectivity index (χ4v) is 2.93. The Balaban J connectivity index is 1.99. The fourth-order valence-electron chi connectivity index (χ4n) is 2.50. The van der Waals surface area contributed by atoms with Crippen molar-refractivity contribution in [3.05, 3.63) is 28.2 Å². The van der Waals surface area contributed by atoms with Gasteiger partial charge >= 0.3 is 0 Å². The molecule has 0 spiro atoms. The number of nitrogens with zero attached hydrogens (tertiary/aromatic N) is 2. The van der Waals surface area contributed by atoms with Crippen LogP contribution in [0, 0.1) is 0 Å². The van der Waals surface area contributed by atoms with Gasteiger partial charge in [-0.3, -0.25) is 4.90 Å². The molecule has 18 heavy (non-hydrogen) atoms. The van der Waals surface area contributed by atoms with Crippen LogP contribution in [0.2, 0.25) is 0 Å². The zero-order valence-electron chi connectivity index (χ0n) is 11.1. The predicted octanol–water partition coefficient (Wildman–Crippen LogP) is 2.68. The highest BCUT2D eigenvalue weighted by atomic mass is 79.9. The summed E-state index contributed by atoms with van der Waals surface area (Å²) in [5.41, 5.74) is 1.25. The smallest absolute Gasteiger partial charge is 0.129 e. The Bertz CT molecular complexity index is 411. The molecule has 4 heteroatoms. The number of phenolic OH excluding ortho intramolecular Hbond substituents is 1.